The number of anilines is 3. The van der Waals surface area contributed by atoms with E-state index in [4.69, 9.17) is 25.5 Å². The summed E-state index contributed by atoms with van der Waals surface area (Å²) in [5.41, 5.74) is 10.6. The average Bonchev–Trinajstić information content (AvgIpc) is 3.58. The van der Waals surface area contributed by atoms with E-state index >= 15 is 0 Å². The van der Waals surface area contributed by atoms with Crippen molar-refractivity contribution in [1.29, 1.82) is 0 Å². The third-order valence-corrected chi connectivity index (χ3v) is 7.91. The number of rotatable bonds is 6. The van der Waals surface area contributed by atoms with Crippen LogP contribution in [-0.4, -0.2) is 61.9 Å². The molecule has 0 radical (unpaired) electrons. The van der Waals surface area contributed by atoms with Crippen LogP contribution in [0.4, 0.5) is 17.3 Å². The van der Waals surface area contributed by atoms with Gasteiger partial charge < -0.3 is 20.7 Å². The highest BCUT2D eigenvalue weighted by atomic mass is 16.5. The molecule has 0 amide bonds. The van der Waals surface area contributed by atoms with Gasteiger partial charge in [-0.15, -0.1) is 0 Å². The number of nitrogens with zero attached hydrogens (tertiary/aromatic N) is 7. The van der Waals surface area contributed by atoms with E-state index in [1.54, 1.807) is 0 Å². The lowest BCUT2D eigenvalue weighted by molar-refractivity contribution is 0.0662. The third-order valence-electron chi connectivity index (χ3n) is 7.91. The van der Waals surface area contributed by atoms with Gasteiger partial charge in [-0.25, -0.2) is 14.6 Å². The van der Waals surface area contributed by atoms with E-state index in [0.717, 1.165) is 85.0 Å². The monoisotopic (exact) mass is 515 g/mol. The largest absolute Gasteiger partial charge is 0.381 e. The molecule has 4 aromatic rings. The molecule has 0 saturated carbocycles. The quantitative estimate of drug-likeness (QED) is 0.385. The molecule has 2 aliphatic rings. The summed E-state index contributed by atoms with van der Waals surface area (Å²) in [7, 11) is 0. The summed E-state index contributed by atoms with van der Waals surface area (Å²) >= 11 is 0. The molecule has 2 fully saturated rings. The number of aromatic nitrogens is 6. The Hall–Kier alpha value is -3.50. The second-order valence-corrected chi connectivity index (χ2v) is 10.9. The molecule has 0 aliphatic carbocycles. The number of piperidine rings is 1. The van der Waals surface area contributed by atoms with E-state index in [9.17, 15) is 0 Å². The molecule has 10 nitrogen and oxygen atoms in total. The van der Waals surface area contributed by atoms with Gasteiger partial charge in [-0.05, 0) is 51.2 Å². The van der Waals surface area contributed by atoms with Gasteiger partial charge in [0.25, 0.3) is 0 Å². The molecule has 6 heterocycles. The smallest absolute Gasteiger partial charge is 0.160 e. The molecule has 200 valence electrons. The van der Waals surface area contributed by atoms with E-state index < -0.39 is 0 Å². The highest BCUT2D eigenvalue weighted by molar-refractivity contribution is 5.81. The summed E-state index contributed by atoms with van der Waals surface area (Å²) in [5.74, 6) is 1.99. The Morgan fingerprint density at radius 2 is 1.89 bits per heavy atom. The molecule has 0 spiro atoms. The van der Waals surface area contributed by atoms with Gasteiger partial charge in [0.15, 0.2) is 5.65 Å². The molecule has 2 aliphatic heterocycles. The predicted octanol–water partition coefficient (Wildman–Crippen LogP) is 4.54. The maximum absolute atomic E-state index is 6.52. The number of hydrogen-bond acceptors (Lipinski definition) is 8. The van der Waals surface area contributed by atoms with Crippen LogP contribution in [0.5, 0.6) is 0 Å². The lowest BCUT2D eigenvalue weighted by Crippen LogP contribution is -2.47. The zero-order valence-electron chi connectivity index (χ0n) is 22.4. The van der Waals surface area contributed by atoms with Crippen LogP contribution in [0.15, 0.2) is 43.0 Å². The van der Waals surface area contributed by atoms with Crippen molar-refractivity contribution in [2.45, 2.75) is 58.2 Å². The Labute approximate surface area is 223 Å². The van der Waals surface area contributed by atoms with Crippen LogP contribution in [-0.2, 0) is 4.74 Å². The summed E-state index contributed by atoms with van der Waals surface area (Å²) in [5, 5.41) is 13.7. The number of hydrogen-bond donors (Lipinski definition) is 2. The molecule has 0 unspecified atom stereocenters. The molecule has 38 heavy (non-hydrogen) atoms. The Morgan fingerprint density at radius 3 is 2.68 bits per heavy atom. The van der Waals surface area contributed by atoms with E-state index in [1.807, 2.05) is 35.4 Å². The van der Waals surface area contributed by atoms with Gasteiger partial charge in [-0.3, -0.25) is 4.68 Å². The van der Waals surface area contributed by atoms with Gasteiger partial charge in [0, 0.05) is 79.0 Å². The number of nitrogens with one attached hydrogen (secondary N) is 1. The Kier molecular flexibility index (Phi) is 6.75. The molecule has 2 saturated heterocycles. The first-order valence-corrected chi connectivity index (χ1v) is 13.7. The fraction of sp³-hybridized carbons (Fsp3) is 0.500. The number of nitrogens with two attached hydrogens (primary N) is 1. The fourth-order valence-corrected chi connectivity index (χ4v) is 5.44. The minimum absolute atomic E-state index is 0.131. The fourth-order valence-electron chi connectivity index (χ4n) is 5.44. The van der Waals surface area contributed by atoms with Crippen molar-refractivity contribution in [3.05, 3.63) is 43.0 Å². The molecule has 6 rings (SSSR count). The van der Waals surface area contributed by atoms with Crippen LogP contribution >= 0.6 is 0 Å². The second-order valence-electron chi connectivity index (χ2n) is 10.9. The Balaban J connectivity index is 1.34. The van der Waals surface area contributed by atoms with Crippen molar-refractivity contribution in [1.82, 2.24) is 29.5 Å². The molecule has 0 bridgehead atoms. The van der Waals surface area contributed by atoms with Gasteiger partial charge in [0.2, 0.25) is 0 Å². The second kappa shape index (κ2) is 10.3. The van der Waals surface area contributed by atoms with Crippen LogP contribution < -0.4 is 16.0 Å². The summed E-state index contributed by atoms with van der Waals surface area (Å²) in [6.07, 6.45) is 10.9. The highest BCUT2D eigenvalue weighted by Crippen LogP contribution is 2.36. The first-order chi connectivity index (χ1) is 18.5. The maximum atomic E-state index is 6.52. The summed E-state index contributed by atoms with van der Waals surface area (Å²) in [6.45, 7) is 9.79. The van der Waals surface area contributed by atoms with Crippen molar-refractivity contribution < 1.29 is 4.74 Å². The summed E-state index contributed by atoms with van der Waals surface area (Å²) in [4.78, 5) is 12.0. The molecule has 4 aromatic heterocycles. The van der Waals surface area contributed by atoms with Crippen LogP contribution in [0.1, 0.15) is 52.1 Å². The molecule has 10 heteroatoms. The maximum Gasteiger partial charge on any atom is 0.160 e. The predicted molar refractivity (Wildman–Crippen MR) is 150 cm³/mol. The Bertz CT molecular complexity index is 1400. The SMILES string of the molecule is CC(C)n1ncc2ccc(Nc3cc(N4CC[C@@H](C)[C@H](N)C4)c(-c4cnn(C5CCOCC5)c4)cn3)nc21. The minimum Gasteiger partial charge on any atom is -0.381 e. The molecular weight excluding hydrogens is 478 g/mol. The standard InChI is InChI=1S/C28H37N9O/c1-18(2)37-28-20(13-32-37)4-5-26(34-28)33-27-12-25(35-9-6-19(3)24(29)17-35)23(15-30-27)21-14-31-36(16-21)22-7-10-38-11-8-22/h4-5,12-16,18-19,22,24H,6-11,17,29H2,1-3H3,(H,30,33,34)/t19-,24-/m1/s1. The lowest BCUT2D eigenvalue weighted by atomic mass is 9.93. The molecule has 2 atom stereocenters. The minimum atomic E-state index is 0.131. The number of fused-ring (bicyclic) bond motifs is 1. The Morgan fingerprint density at radius 1 is 1.05 bits per heavy atom. The van der Waals surface area contributed by atoms with Crippen molar-refractivity contribution in [3.63, 3.8) is 0 Å². The van der Waals surface area contributed by atoms with E-state index in [0.29, 0.717) is 12.0 Å². The number of pyridine rings is 2. The van der Waals surface area contributed by atoms with Crippen LogP contribution in [0.25, 0.3) is 22.2 Å². The molecule has 0 aromatic carbocycles. The van der Waals surface area contributed by atoms with Crippen LogP contribution in [0.3, 0.4) is 0 Å². The summed E-state index contributed by atoms with van der Waals surface area (Å²) in [6, 6.07) is 6.87. The zero-order valence-corrected chi connectivity index (χ0v) is 22.4. The van der Waals surface area contributed by atoms with E-state index in [1.165, 1.54) is 0 Å². The van der Waals surface area contributed by atoms with E-state index in [-0.39, 0.29) is 12.1 Å². The zero-order chi connectivity index (χ0) is 26.2. The molecule has 3 N–H and O–H groups in total. The van der Waals surface area contributed by atoms with Gasteiger partial charge in [-0.1, -0.05) is 6.92 Å². The van der Waals surface area contributed by atoms with Crippen molar-refractivity contribution in [3.8, 4) is 11.1 Å². The van der Waals surface area contributed by atoms with E-state index in [2.05, 4.69) is 53.0 Å². The third kappa shape index (κ3) is 4.86. The number of ether oxygens (including phenoxy) is 1. The average molecular weight is 516 g/mol. The lowest BCUT2D eigenvalue weighted by Gasteiger charge is -2.37. The van der Waals surface area contributed by atoms with Crippen LogP contribution in [0, 0.1) is 5.92 Å². The van der Waals surface area contributed by atoms with Gasteiger partial charge in [0.1, 0.15) is 11.6 Å². The normalized spacial score (nSPS) is 20.9. The van der Waals surface area contributed by atoms with Gasteiger partial charge >= 0.3 is 0 Å². The van der Waals surface area contributed by atoms with Crippen molar-refractivity contribution >= 4 is 28.4 Å². The van der Waals surface area contributed by atoms with Gasteiger partial charge in [0.05, 0.1) is 18.4 Å². The highest BCUT2D eigenvalue weighted by Gasteiger charge is 2.26. The van der Waals surface area contributed by atoms with Crippen molar-refractivity contribution in [2.75, 3.05) is 36.5 Å². The van der Waals surface area contributed by atoms with Gasteiger partial charge in [-0.2, -0.15) is 10.2 Å². The molecular formula is C28H37N9O. The van der Waals surface area contributed by atoms with Crippen molar-refractivity contribution in [2.24, 2.45) is 11.7 Å². The summed E-state index contributed by atoms with van der Waals surface area (Å²) < 4.78 is 9.57. The first-order valence-electron chi connectivity index (χ1n) is 13.7. The topological polar surface area (TPSA) is 112 Å². The first kappa shape index (κ1) is 24.8. The van der Waals surface area contributed by atoms with Crippen LogP contribution in [0.2, 0.25) is 0 Å².